The molecule has 0 N–H and O–H groups in total. The topological polar surface area (TPSA) is 78.0 Å². The van der Waals surface area contributed by atoms with Gasteiger partial charge in [0.05, 0.1) is 16.7 Å². The number of hydrogen-bond acceptors (Lipinski definition) is 6. The molecule has 6 nitrogen and oxygen atoms in total. The highest BCUT2D eigenvalue weighted by Gasteiger charge is 2.27. The molecule has 0 spiro atoms. The standard InChI is InChI=1S/C15H13N3O3S2/c1-10-13(17-15(21-10)12-3-2-7-22-12)14-16-5-6-18(14)11-4-8-23(19,20)9-11/h2-8,11H,9H2,1H3. The predicted molar refractivity (Wildman–Crippen MR) is 87.7 cm³/mol. The predicted octanol–water partition coefficient (Wildman–Crippen LogP) is 3.06. The van der Waals surface area contributed by atoms with Gasteiger partial charge in [-0.25, -0.2) is 18.4 Å². The Morgan fingerprint density at radius 1 is 1.43 bits per heavy atom. The molecule has 23 heavy (non-hydrogen) atoms. The van der Waals surface area contributed by atoms with Crippen LogP contribution in [0.5, 0.6) is 0 Å². The van der Waals surface area contributed by atoms with Crippen molar-refractivity contribution in [3.8, 4) is 22.3 Å². The lowest BCUT2D eigenvalue weighted by molar-refractivity contribution is 0.544. The number of sulfone groups is 1. The fourth-order valence-electron chi connectivity index (χ4n) is 2.61. The van der Waals surface area contributed by atoms with E-state index in [9.17, 15) is 8.42 Å². The van der Waals surface area contributed by atoms with Crippen molar-refractivity contribution in [3.63, 3.8) is 0 Å². The van der Waals surface area contributed by atoms with Crippen molar-refractivity contribution in [2.24, 2.45) is 0 Å². The highest BCUT2D eigenvalue weighted by Crippen LogP contribution is 2.32. The van der Waals surface area contributed by atoms with Gasteiger partial charge in [-0.2, -0.15) is 0 Å². The minimum atomic E-state index is -3.13. The molecule has 1 aliphatic heterocycles. The van der Waals surface area contributed by atoms with Crippen molar-refractivity contribution >= 4 is 21.2 Å². The van der Waals surface area contributed by atoms with E-state index < -0.39 is 9.84 Å². The van der Waals surface area contributed by atoms with E-state index in [4.69, 9.17) is 4.42 Å². The van der Waals surface area contributed by atoms with Crippen molar-refractivity contribution in [1.82, 2.24) is 14.5 Å². The lowest BCUT2D eigenvalue weighted by atomic mass is 10.3. The van der Waals surface area contributed by atoms with Crippen LogP contribution in [0.2, 0.25) is 0 Å². The summed E-state index contributed by atoms with van der Waals surface area (Å²) in [4.78, 5) is 9.84. The SMILES string of the molecule is Cc1oc(-c2cccs2)nc1-c1nccn1C1C=CS(=O)(=O)C1. The first kappa shape index (κ1) is 14.4. The fourth-order valence-corrected chi connectivity index (χ4v) is 4.53. The molecule has 1 unspecified atom stereocenters. The maximum Gasteiger partial charge on any atom is 0.237 e. The maximum atomic E-state index is 11.7. The highest BCUT2D eigenvalue weighted by atomic mass is 32.2. The molecule has 4 rings (SSSR count). The zero-order chi connectivity index (χ0) is 16.0. The maximum absolute atomic E-state index is 11.7. The second-order valence-corrected chi connectivity index (χ2v) is 8.16. The van der Waals surface area contributed by atoms with E-state index in [-0.39, 0.29) is 11.8 Å². The molecule has 0 aromatic carbocycles. The molecule has 3 aromatic rings. The summed E-state index contributed by atoms with van der Waals surface area (Å²) in [6.07, 6.45) is 5.09. The Morgan fingerprint density at radius 3 is 3.00 bits per heavy atom. The lowest BCUT2D eigenvalue weighted by Gasteiger charge is -2.11. The van der Waals surface area contributed by atoms with E-state index in [1.165, 1.54) is 5.41 Å². The number of thiophene rings is 1. The Labute approximate surface area is 137 Å². The number of allylic oxidation sites excluding steroid dienone is 1. The van der Waals surface area contributed by atoms with Gasteiger partial charge in [-0.15, -0.1) is 11.3 Å². The second-order valence-electron chi connectivity index (χ2n) is 5.28. The quantitative estimate of drug-likeness (QED) is 0.727. The summed E-state index contributed by atoms with van der Waals surface area (Å²) < 4.78 is 30.9. The third kappa shape index (κ3) is 2.53. The molecule has 0 saturated heterocycles. The summed E-state index contributed by atoms with van der Waals surface area (Å²) in [6, 6.07) is 3.62. The number of aryl methyl sites for hydroxylation is 1. The van der Waals surface area contributed by atoms with Gasteiger partial charge in [0.15, 0.2) is 15.7 Å². The Bertz CT molecular complexity index is 981. The molecule has 0 saturated carbocycles. The second kappa shape index (κ2) is 5.17. The summed E-state index contributed by atoms with van der Waals surface area (Å²) in [6.45, 7) is 1.83. The van der Waals surface area contributed by atoms with Crippen molar-refractivity contribution in [2.45, 2.75) is 13.0 Å². The van der Waals surface area contributed by atoms with Crippen molar-refractivity contribution in [1.29, 1.82) is 0 Å². The summed E-state index contributed by atoms with van der Waals surface area (Å²) in [5.74, 6) is 1.87. The van der Waals surface area contributed by atoms with Gasteiger partial charge in [0.1, 0.15) is 11.5 Å². The van der Waals surface area contributed by atoms with Crippen LogP contribution in [0.25, 0.3) is 22.3 Å². The molecule has 3 aromatic heterocycles. The molecule has 1 atom stereocenters. The van der Waals surface area contributed by atoms with Gasteiger partial charge in [0, 0.05) is 17.8 Å². The Kier molecular flexibility index (Phi) is 3.24. The molecular formula is C15H13N3O3S2. The van der Waals surface area contributed by atoms with Gasteiger partial charge in [0.25, 0.3) is 0 Å². The molecule has 1 aliphatic rings. The number of hydrogen-bond donors (Lipinski definition) is 0. The van der Waals surface area contributed by atoms with Gasteiger partial charge in [-0.1, -0.05) is 6.07 Å². The molecule has 0 aliphatic carbocycles. The Hall–Kier alpha value is -2.19. The molecule has 0 radical (unpaired) electrons. The molecule has 0 fully saturated rings. The largest absolute Gasteiger partial charge is 0.440 e. The first-order valence-electron chi connectivity index (χ1n) is 6.99. The Balaban J connectivity index is 1.76. The van der Waals surface area contributed by atoms with E-state index in [2.05, 4.69) is 9.97 Å². The zero-order valence-corrected chi connectivity index (χ0v) is 13.8. The van der Waals surface area contributed by atoms with E-state index in [0.29, 0.717) is 23.2 Å². The van der Waals surface area contributed by atoms with Gasteiger partial charge in [-0.3, -0.25) is 0 Å². The van der Waals surface area contributed by atoms with E-state index in [1.54, 1.807) is 29.8 Å². The number of aromatic nitrogens is 3. The number of oxazole rings is 1. The van der Waals surface area contributed by atoms with Crippen LogP contribution in [-0.4, -0.2) is 28.7 Å². The summed E-state index contributed by atoms with van der Waals surface area (Å²) in [7, 11) is -3.13. The molecular weight excluding hydrogens is 334 g/mol. The number of nitrogens with zero attached hydrogens (tertiary/aromatic N) is 3. The summed E-state index contributed by atoms with van der Waals surface area (Å²) in [5.41, 5.74) is 0.635. The van der Waals surface area contributed by atoms with Crippen LogP contribution in [0.4, 0.5) is 0 Å². The van der Waals surface area contributed by atoms with E-state index in [0.717, 1.165) is 4.88 Å². The normalized spacial score (nSPS) is 19.4. The average molecular weight is 347 g/mol. The minimum Gasteiger partial charge on any atom is -0.440 e. The fraction of sp³-hybridized carbons (Fsp3) is 0.200. The molecule has 0 amide bonds. The van der Waals surface area contributed by atoms with Crippen LogP contribution in [0.3, 0.4) is 0 Å². The van der Waals surface area contributed by atoms with Gasteiger partial charge in [0.2, 0.25) is 5.89 Å². The van der Waals surface area contributed by atoms with Crippen LogP contribution in [0, 0.1) is 6.92 Å². The van der Waals surface area contributed by atoms with Crippen molar-refractivity contribution in [2.75, 3.05) is 5.75 Å². The highest BCUT2D eigenvalue weighted by molar-refractivity contribution is 7.94. The molecule has 118 valence electrons. The van der Waals surface area contributed by atoms with Gasteiger partial charge in [-0.05, 0) is 24.4 Å². The first-order chi connectivity index (χ1) is 11.0. The van der Waals surface area contributed by atoms with Crippen LogP contribution in [0.15, 0.2) is 45.8 Å². The summed E-state index contributed by atoms with van der Waals surface area (Å²) in [5, 5.41) is 3.22. The van der Waals surface area contributed by atoms with E-state index >= 15 is 0 Å². The average Bonchev–Trinajstić information content (AvgIpc) is 3.23. The van der Waals surface area contributed by atoms with Gasteiger partial charge < -0.3 is 8.98 Å². The van der Waals surface area contributed by atoms with Gasteiger partial charge >= 0.3 is 0 Å². The van der Waals surface area contributed by atoms with Crippen LogP contribution < -0.4 is 0 Å². The lowest BCUT2D eigenvalue weighted by Crippen LogP contribution is -2.12. The van der Waals surface area contributed by atoms with Crippen molar-refractivity contribution in [3.05, 3.63) is 47.2 Å². The van der Waals surface area contributed by atoms with Crippen LogP contribution in [0.1, 0.15) is 11.8 Å². The van der Waals surface area contributed by atoms with Crippen LogP contribution in [-0.2, 0) is 9.84 Å². The van der Waals surface area contributed by atoms with Crippen molar-refractivity contribution < 1.29 is 12.8 Å². The number of imidazole rings is 1. The summed E-state index contributed by atoms with van der Waals surface area (Å²) >= 11 is 1.55. The Morgan fingerprint density at radius 2 is 2.30 bits per heavy atom. The smallest absolute Gasteiger partial charge is 0.237 e. The number of rotatable bonds is 3. The third-order valence-electron chi connectivity index (χ3n) is 3.68. The van der Waals surface area contributed by atoms with E-state index in [1.807, 2.05) is 29.0 Å². The van der Waals surface area contributed by atoms with Crippen LogP contribution >= 0.6 is 11.3 Å². The molecule has 0 bridgehead atoms. The monoisotopic (exact) mass is 347 g/mol. The first-order valence-corrected chi connectivity index (χ1v) is 9.58. The molecule has 8 heteroatoms. The third-order valence-corrected chi connectivity index (χ3v) is 5.91. The minimum absolute atomic E-state index is 0.0467. The zero-order valence-electron chi connectivity index (χ0n) is 12.2. The molecule has 4 heterocycles.